The van der Waals surface area contributed by atoms with Crippen molar-refractivity contribution >= 4 is 17.4 Å². The summed E-state index contributed by atoms with van der Waals surface area (Å²) < 4.78 is 102. The molecule has 0 radical (unpaired) electrons. The van der Waals surface area contributed by atoms with Crippen molar-refractivity contribution in [2.24, 2.45) is 0 Å². The zero-order chi connectivity index (χ0) is 13.5. The Hall–Kier alpha value is 2.56. The zero-order valence-electron chi connectivity index (χ0n) is 8.61. The Kier molecular flexibility index (Phi) is 25.3. The standard InChI is InChI=1S/Al.3ClHO4.K.H/c;3*2-1(3,4)5;;/h;3*(H,2,3,4,5);;/q+3;;;;+1;-1/p-3. The van der Waals surface area contributed by atoms with Crippen LogP contribution in [0.5, 0.6) is 0 Å². The first-order chi connectivity index (χ1) is 6.00. The normalized spacial score (nSPS) is 10.6. The van der Waals surface area contributed by atoms with Gasteiger partial charge in [0.15, 0.2) is 0 Å². The van der Waals surface area contributed by atoms with Gasteiger partial charge >= 0.3 is 68.7 Å². The summed E-state index contributed by atoms with van der Waals surface area (Å²) in [7, 11) is -14.8. The third-order valence-electron chi connectivity index (χ3n) is 0. The van der Waals surface area contributed by atoms with E-state index in [1.54, 1.807) is 0 Å². The Labute approximate surface area is 155 Å². The molecule has 0 saturated heterocycles. The third-order valence-corrected chi connectivity index (χ3v) is 0. The maximum absolute atomic E-state index is 8.49. The molecule has 17 heteroatoms. The minimum absolute atomic E-state index is 0. The van der Waals surface area contributed by atoms with Crippen LogP contribution in [0.25, 0.3) is 0 Å². The molecular formula is HAlCl3KO12. The molecule has 0 bridgehead atoms. The van der Waals surface area contributed by atoms with Gasteiger partial charge in [-0.25, -0.2) is 55.9 Å². The topological polar surface area (TPSA) is 277 Å². The van der Waals surface area contributed by atoms with E-state index in [1.807, 2.05) is 0 Å². The van der Waals surface area contributed by atoms with E-state index < -0.39 is 30.7 Å². The average Bonchev–Trinajstić information content (AvgIpc) is 1.41. The molecule has 0 aliphatic rings. The molecular weight excluding hydrogens is 364 g/mol. The van der Waals surface area contributed by atoms with Gasteiger partial charge in [0.1, 0.15) is 0 Å². The Morgan fingerprint density at radius 1 is 0.412 bits per heavy atom. The van der Waals surface area contributed by atoms with Gasteiger partial charge < -0.3 is 1.43 Å². The van der Waals surface area contributed by atoms with Gasteiger partial charge in [0.25, 0.3) is 0 Å². The molecule has 0 aliphatic carbocycles. The molecule has 0 unspecified atom stereocenters. The molecule has 0 saturated carbocycles. The molecule has 0 atom stereocenters. The van der Waals surface area contributed by atoms with Crippen molar-refractivity contribution in [2.75, 3.05) is 0 Å². The zero-order valence-corrected chi connectivity index (χ0v) is 14.2. The van der Waals surface area contributed by atoms with Gasteiger partial charge in [0.05, 0.1) is 0 Å². The van der Waals surface area contributed by atoms with Gasteiger partial charge in [-0.3, -0.25) is 0 Å². The first-order valence-electron chi connectivity index (χ1n) is 1.85. The van der Waals surface area contributed by atoms with Gasteiger partial charge in [0.2, 0.25) is 0 Å². The summed E-state index contributed by atoms with van der Waals surface area (Å²) in [5.74, 6) is 0. The van der Waals surface area contributed by atoms with Crippen molar-refractivity contribution in [1.82, 2.24) is 0 Å². The van der Waals surface area contributed by atoms with E-state index in [9.17, 15) is 0 Å². The smallest absolute Gasteiger partial charge is 1.00 e. The summed E-state index contributed by atoms with van der Waals surface area (Å²) in [4.78, 5) is 0. The summed E-state index contributed by atoms with van der Waals surface area (Å²) in [6, 6.07) is 0. The summed E-state index contributed by atoms with van der Waals surface area (Å²) in [5.41, 5.74) is 0. The SMILES string of the molecule is [Al+3].[H-].[K+].[O-][Cl+3]([O-])([O-])[O-].[O-][Cl+3]([O-])([O-])[O-].[O-][Cl+3]([O-])([O-])[O-]. The van der Waals surface area contributed by atoms with E-state index in [-0.39, 0.29) is 70.2 Å². The number of hydrogen-bond donors (Lipinski definition) is 0. The Balaban J connectivity index is -0.0000000277. The summed E-state index contributed by atoms with van der Waals surface area (Å²) in [6.45, 7) is 0. The van der Waals surface area contributed by atoms with Crippen molar-refractivity contribution in [3.8, 4) is 0 Å². The molecule has 0 aromatic rings. The molecule has 0 amide bonds. The number of rotatable bonds is 0. The van der Waals surface area contributed by atoms with Crippen LogP contribution in [-0.2, 0) is 0 Å². The fourth-order valence-corrected chi connectivity index (χ4v) is 0. The molecule has 0 aromatic carbocycles. The van der Waals surface area contributed by atoms with E-state index in [1.165, 1.54) is 0 Å². The van der Waals surface area contributed by atoms with Crippen LogP contribution in [0.1, 0.15) is 1.43 Å². The maximum Gasteiger partial charge on any atom is 3.00 e. The molecule has 0 N–H and O–H groups in total. The predicted molar refractivity (Wildman–Crippen MR) is 6.87 cm³/mol. The molecule has 0 rings (SSSR count). The number of halogens is 3. The molecule has 12 nitrogen and oxygen atoms in total. The summed E-state index contributed by atoms with van der Waals surface area (Å²) in [6.07, 6.45) is 0. The largest absolute Gasteiger partial charge is 3.00 e. The first-order valence-corrected chi connectivity index (χ1v) is 5.55. The Bertz CT molecular complexity index is 102. The van der Waals surface area contributed by atoms with Crippen LogP contribution in [0.2, 0.25) is 0 Å². The number of hydrogen-bond acceptors (Lipinski definition) is 12. The fraction of sp³-hybridized carbons (Fsp3) is 0. The van der Waals surface area contributed by atoms with Crippen molar-refractivity contribution in [2.45, 2.75) is 0 Å². The van der Waals surface area contributed by atoms with Crippen molar-refractivity contribution in [3.05, 3.63) is 0 Å². The molecule has 0 spiro atoms. The molecule has 0 heterocycles. The van der Waals surface area contributed by atoms with Crippen LogP contribution in [0.3, 0.4) is 0 Å². The first kappa shape index (κ1) is 31.8. The van der Waals surface area contributed by atoms with Gasteiger partial charge in [0, 0.05) is 0 Å². The minimum atomic E-state index is -4.94. The second-order valence-electron chi connectivity index (χ2n) is 1.13. The van der Waals surface area contributed by atoms with Crippen molar-refractivity contribution in [3.63, 3.8) is 0 Å². The van der Waals surface area contributed by atoms with Crippen LogP contribution in [-0.4, -0.2) is 17.4 Å². The molecule has 17 heavy (non-hydrogen) atoms. The summed E-state index contributed by atoms with van der Waals surface area (Å²) in [5, 5.41) is 0. The molecule has 0 aromatic heterocycles. The quantitative estimate of drug-likeness (QED) is 0.361. The second kappa shape index (κ2) is 13.5. The van der Waals surface area contributed by atoms with E-state index in [0.717, 1.165) is 0 Å². The van der Waals surface area contributed by atoms with E-state index in [4.69, 9.17) is 55.9 Å². The summed E-state index contributed by atoms with van der Waals surface area (Å²) >= 11 is 0. The van der Waals surface area contributed by atoms with E-state index >= 15 is 0 Å². The molecule has 0 fully saturated rings. The van der Waals surface area contributed by atoms with Crippen LogP contribution < -0.4 is 107 Å². The van der Waals surface area contributed by atoms with Crippen LogP contribution in [0, 0.1) is 30.7 Å². The van der Waals surface area contributed by atoms with Gasteiger partial charge in [-0.15, -0.1) is 30.7 Å². The van der Waals surface area contributed by atoms with Crippen LogP contribution in [0.4, 0.5) is 0 Å². The fourth-order valence-electron chi connectivity index (χ4n) is 0. The average molecular weight is 365 g/mol. The van der Waals surface area contributed by atoms with Crippen molar-refractivity contribution in [1.29, 1.82) is 0 Å². The van der Waals surface area contributed by atoms with Crippen LogP contribution in [0.15, 0.2) is 0 Å². The maximum atomic E-state index is 8.49. The third kappa shape index (κ3) is 777. The van der Waals surface area contributed by atoms with Crippen LogP contribution >= 0.6 is 0 Å². The second-order valence-corrected chi connectivity index (χ2v) is 3.40. The monoisotopic (exact) mass is 364 g/mol. The minimum Gasteiger partial charge on any atom is -1.00 e. The van der Waals surface area contributed by atoms with Gasteiger partial charge in [-0.2, -0.15) is 0 Å². The Morgan fingerprint density at radius 2 is 0.412 bits per heavy atom. The van der Waals surface area contributed by atoms with Crippen molar-refractivity contribution < 1.29 is 139 Å². The molecule has 0 aliphatic heterocycles. The van der Waals surface area contributed by atoms with E-state index in [0.29, 0.717) is 0 Å². The molecule has 98 valence electrons. The van der Waals surface area contributed by atoms with Gasteiger partial charge in [-0.05, 0) is 0 Å². The van der Waals surface area contributed by atoms with Gasteiger partial charge in [-0.1, -0.05) is 0 Å². The predicted octanol–water partition coefficient (Wildman–Crippen LogP) is -17.5. The Morgan fingerprint density at radius 3 is 0.412 bits per heavy atom. The van der Waals surface area contributed by atoms with E-state index in [2.05, 4.69) is 0 Å².